The Kier molecular flexibility index (Phi) is 8.43. The predicted molar refractivity (Wildman–Crippen MR) is 124 cm³/mol. The molecule has 1 aromatic carbocycles. The van der Waals surface area contributed by atoms with Crippen LogP contribution < -0.4 is 15.4 Å². The van der Waals surface area contributed by atoms with E-state index in [9.17, 15) is 19.2 Å². The molecule has 1 aromatic rings. The van der Waals surface area contributed by atoms with Crippen molar-refractivity contribution in [1.29, 1.82) is 0 Å². The smallest absolute Gasteiger partial charge is 0.328 e. The Morgan fingerprint density at radius 2 is 1.82 bits per heavy atom. The molecule has 3 unspecified atom stereocenters. The molecule has 2 N–H and O–H groups in total. The number of carbonyl (C=O) groups excluding carboxylic acids is 4. The van der Waals surface area contributed by atoms with Crippen molar-refractivity contribution >= 4 is 41.3 Å². The molecule has 2 heterocycles. The number of urea groups is 1. The number of rotatable bonds is 7. The number of nitrogens with one attached hydrogen (secondary N) is 2. The minimum Gasteiger partial charge on any atom is -0.497 e. The van der Waals surface area contributed by atoms with E-state index < -0.39 is 30.1 Å². The van der Waals surface area contributed by atoms with E-state index in [-0.39, 0.29) is 30.5 Å². The number of ether oxygens (including phenoxy) is 2. The fraction of sp³-hybridized carbons (Fsp3) is 0.545. The van der Waals surface area contributed by atoms with Gasteiger partial charge >= 0.3 is 12.0 Å². The van der Waals surface area contributed by atoms with Crippen LogP contribution in [0.25, 0.3) is 0 Å². The van der Waals surface area contributed by atoms with Gasteiger partial charge in [-0.1, -0.05) is 0 Å². The zero-order chi connectivity index (χ0) is 24.0. The lowest BCUT2D eigenvalue weighted by Crippen LogP contribution is -2.51. The Labute approximate surface area is 197 Å². The Bertz CT molecular complexity index is 880. The molecular formula is C22H30N4O6S. The van der Waals surface area contributed by atoms with Gasteiger partial charge in [-0.15, -0.1) is 0 Å². The summed E-state index contributed by atoms with van der Waals surface area (Å²) in [6, 6.07) is 4.70. The van der Waals surface area contributed by atoms with Crippen molar-refractivity contribution in [3.8, 4) is 5.75 Å². The average molecular weight is 479 g/mol. The second-order valence-corrected chi connectivity index (χ2v) is 8.83. The van der Waals surface area contributed by atoms with E-state index in [2.05, 4.69) is 10.6 Å². The summed E-state index contributed by atoms with van der Waals surface area (Å²) in [7, 11) is 2.86. The third-order valence-corrected chi connectivity index (χ3v) is 6.40. The molecule has 33 heavy (non-hydrogen) atoms. The minimum absolute atomic E-state index is 0.172. The van der Waals surface area contributed by atoms with Crippen LogP contribution in [-0.4, -0.2) is 91.1 Å². The van der Waals surface area contributed by atoms with Crippen LogP contribution in [0, 0.1) is 0 Å². The lowest BCUT2D eigenvalue weighted by molar-refractivity contribution is -0.153. The Morgan fingerprint density at radius 1 is 1.09 bits per heavy atom. The van der Waals surface area contributed by atoms with E-state index in [1.807, 2.05) is 6.26 Å². The molecular weight excluding hydrogens is 448 g/mol. The van der Waals surface area contributed by atoms with Crippen LogP contribution in [0.5, 0.6) is 5.75 Å². The first-order valence-corrected chi connectivity index (χ1v) is 12.2. The van der Waals surface area contributed by atoms with Crippen molar-refractivity contribution < 1.29 is 28.7 Å². The number of nitrogens with zero attached hydrogens (tertiary/aromatic N) is 2. The number of hydrogen-bond donors (Lipinski definition) is 2. The summed E-state index contributed by atoms with van der Waals surface area (Å²) in [4.78, 5) is 53.7. The summed E-state index contributed by atoms with van der Waals surface area (Å²) in [5.41, 5.74) is 0.590. The highest BCUT2D eigenvalue weighted by Crippen LogP contribution is 2.26. The zero-order valence-corrected chi connectivity index (χ0v) is 19.9. The Hall–Kier alpha value is -2.95. The maximum Gasteiger partial charge on any atom is 0.328 e. The van der Waals surface area contributed by atoms with Crippen molar-refractivity contribution in [2.24, 2.45) is 0 Å². The van der Waals surface area contributed by atoms with E-state index in [1.165, 1.54) is 28.7 Å². The first-order chi connectivity index (χ1) is 15.9. The standard InChI is InChI=1S/C22H30N4O6S/c1-31-16-8-6-14(7-9-16)23-22(30)24-15-11-18(26(12-15)19(27)13-33-3)20(28)25-10-4-5-17(25)21(29)32-2/h6-9,15,17-18H,4-5,10-13H2,1-3H3,(H2,23,24,30). The second kappa shape index (κ2) is 11.3. The van der Waals surface area contributed by atoms with Crippen LogP contribution in [0.15, 0.2) is 24.3 Å². The van der Waals surface area contributed by atoms with E-state index in [4.69, 9.17) is 9.47 Å². The highest BCUT2D eigenvalue weighted by Gasteiger charge is 2.45. The number of methoxy groups -OCH3 is 2. The molecule has 2 saturated heterocycles. The minimum atomic E-state index is -0.735. The number of esters is 1. The van der Waals surface area contributed by atoms with Gasteiger partial charge in [-0.05, 0) is 49.8 Å². The molecule has 4 amide bonds. The Morgan fingerprint density at radius 3 is 2.45 bits per heavy atom. The van der Waals surface area contributed by atoms with E-state index in [0.29, 0.717) is 30.8 Å². The summed E-state index contributed by atoms with van der Waals surface area (Å²) >= 11 is 1.37. The van der Waals surface area contributed by atoms with E-state index in [1.54, 1.807) is 31.4 Å². The molecule has 2 aliphatic heterocycles. The highest BCUT2D eigenvalue weighted by atomic mass is 32.2. The number of amides is 4. The molecule has 0 radical (unpaired) electrons. The molecule has 2 fully saturated rings. The molecule has 10 nitrogen and oxygen atoms in total. The third kappa shape index (κ3) is 5.89. The summed E-state index contributed by atoms with van der Waals surface area (Å²) < 4.78 is 9.95. The molecule has 0 aromatic heterocycles. The summed E-state index contributed by atoms with van der Waals surface area (Å²) in [6.45, 7) is 0.665. The van der Waals surface area contributed by atoms with Crippen molar-refractivity contribution in [3.63, 3.8) is 0 Å². The number of likely N-dealkylation sites (tertiary alicyclic amines) is 2. The molecule has 3 rings (SSSR count). The zero-order valence-electron chi connectivity index (χ0n) is 19.0. The van der Waals surface area contributed by atoms with Crippen molar-refractivity contribution in [1.82, 2.24) is 15.1 Å². The SMILES string of the molecule is COC(=O)C1CCCN1C(=O)C1CC(NC(=O)Nc2ccc(OC)cc2)CN1C(=O)CSC. The topological polar surface area (TPSA) is 117 Å². The van der Waals surface area contributed by atoms with Crippen LogP contribution in [0.1, 0.15) is 19.3 Å². The van der Waals surface area contributed by atoms with Crippen molar-refractivity contribution in [2.45, 2.75) is 37.4 Å². The summed E-state index contributed by atoms with van der Waals surface area (Å²) in [5, 5.41) is 5.61. The van der Waals surface area contributed by atoms with Gasteiger partial charge in [-0.25, -0.2) is 9.59 Å². The van der Waals surface area contributed by atoms with Crippen LogP contribution in [-0.2, 0) is 19.1 Å². The maximum absolute atomic E-state index is 13.4. The van der Waals surface area contributed by atoms with Gasteiger partial charge in [0.05, 0.1) is 26.0 Å². The number of carbonyl (C=O) groups is 4. The molecule has 0 spiro atoms. The molecule has 0 bridgehead atoms. The van der Waals surface area contributed by atoms with Crippen LogP contribution >= 0.6 is 11.8 Å². The van der Waals surface area contributed by atoms with Gasteiger partial charge in [-0.2, -0.15) is 11.8 Å². The molecule has 2 aliphatic rings. The summed E-state index contributed by atoms with van der Waals surface area (Å²) in [6.07, 6.45) is 3.33. The van der Waals surface area contributed by atoms with Crippen molar-refractivity contribution in [2.75, 3.05) is 44.6 Å². The maximum atomic E-state index is 13.4. The van der Waals surface area contributed by atoms with Gasteiger partial charge in [0.15, 0.2) is 0 Å². The predicted octanol–water partition coefficient (Wildman–Crippen LogP) is 1.31. The molecule has 0 aliphatic carbocycles. The Balaban J connectivity index is 1.68. The average Bonchev–Trinajstić information content (AvgIpc) is 3.46. The fourth-order valence-electron chi connectivity index (χ4n) is 4.29. The lowest BCUT2D eigenvalue weighted by Gasteiger charge is -2.30. The van der Waals surface area contributed by atoms with Gasteiger partial charge in [0.25, 0.3) is 0 Å². The molecule has 11 heteroatoms. The molecule has 3 atom stereocenters. The number of thioether (sulfide) groups is 1. The third-order valence-electron chi connectivity index (χ3n) is 5.87. The molecule has 0 saturated carbocycles. The van der Waals surface area contributed by atoms with Crippen LogP contribution in [0.3, 0.4) is 0 Å². The first-order valence-electron chi connectivity index (χ1n) is 10.8. The fourth-order valence-corrected chi connectivity index (χ4v) is 4.70. The summed E-state index contributed by atoms with van der Waals surface area (Å²) in [5.74, 6) is 0.00367. The van der Waals surface area contributed by atoms with Crippen LogP contribution in [0.4, 0.5) is 10.5 Å². The number of anilines is 1. The van der Waals surface area contributed by atoms with Crippen LogP contribution in [0.2, 0.25) is 0 Å². The first kappa shape index (κ1) is 24.7. The van der Waals surface area contributed by atoms with Gasteiger partial charge in [0, 0.05) is 18.8 Å². The van der Waals surface area contributed by atoms with E-state index >= 15 is 0 Å². The molecule has 180 valence electrons. The second-order valence-electron chi connectivity index (χ2n) is 7.97. The lowest BCUT2D eigenvalue weighted by atomic mass is 10.1. The van der Waals surface area contributed by atoms with Gasteiger partial charge in [0.1, 0.15) is 17.8 Å². The van der Waals surface area contributed by atoms with Gasteiger partial charge in [0.2, 0.25) is 11.8 Å². The highest BCUT2D eigenvalue weighted by molar-refractivity contribution is 7.99. The number of hydrogen-bond acceptors (Lipinski definition) is 7. The van der Waals surface area contributed by atoms with Gasteiger partial charge < -0.3 is 29.9 Å². The quantitative estimate of drug-likeness (QED) is 0.568. The number of benzene rings is 1. The largest absolute Gasteiger partial charge is 0.497 e. The monoisotopic (exact) mass is 478 g/mol. The van der Waals surface area contributed by atoms with Crippen molar-refractivity contribution in [3.05, 3.63) is 24.3 Å². The normalized spacial score (nSPS) is 22.1. The van der Waals surface area contributed by atoms with E-state index in [0.717, 1.165) is 0 Å². The van der Waals surface area contributed by atoms with Gasteiger partial charge in [-0.3, -0.25) is 9.59 Å².